The van der Waals surface area contributed by atoms with Gasteiger partial charge in [0, 0.05) is 37.6 Å². The summed E-state index contributed by atoms with van der Waals surface area (Å²) in [6, 6.07) is 18.2. The van der Waals surface area contributed by atoms with Crippen LogP contribution in [0.5, 0.6) is 0 Å². The lowest BCUT2D eigenvalue weighted by molar-refractivity contribution is -0.879. The lowest BCUT2D eigenvalue weighted by Crippen LogP contribution is -2.56. The van der Waals surface area contributed by atoms with E-state index in [2.05, 4.69) is 27.2 Å². The van der Waals surface area contributed by atoms with Crippen molar-refractivity contribution in [2.75, 3.05) is 68.7 Å². The van der Waals surface area contributed by atoms with Crippen LogP contribution in [0.2, 0.25) is 0 Å². The second-order valence-corrected chi connectivity index (χ2v) is 15.3. The fraction of sp³-hybridized carbons (Fsp3) is 0.500. The molecule has 282 valence electrons. The molecule has 4 aromatic rings. The molecule has 0 amide bonds. The molecule has 2 fully saturated rings. The highest BCUT2D eigenvalue weighted by Gasteiger charge is 2.26. The van der Waals surface area contributed by atoms with E-state index < -0.39 is 0 Å². The predicted molar refractivity (Wildman–Crippen MR) is 212 cm³/mol. The Bertz CT molecular complexity index is 1800. The number of hydrogen-bond acceptors (Lipinski definition) is 6. The van der Waals surface area contributed by atoms with E-state index in [0.29, 0.717) is 19.6 Å². The Morgan fingerprint density at radius 2 is 1.02 bits per heavy atom. The van der Waals surface area contributed by atoms with Crippen LogP contribution in [0.4, 0.5) is 20.4 Å². The molecule has 2 aromatic carbocycles. The van der Waals surface area contributed by atoms with E-state index in [4.69, 9.17) is 9.97 Å². The molecule has 0 spiro atoms. The lowest BCUT2D eigenvalue weighted by Gasteiger charge is -2.48. The Morgan fingerprint density at radius 1 is 0.604 bits per heavy atom. The molecule has 0 bridgehead atoms. The molecule has 9 heteroatoms. The molecule has 7 nitrogen and oxygen atoms in total. The van der Waals surface area contributed by atoms with Gasteiger partial charge in [-0.25, -0.2) is 18.7 Å². The summed E-state index contributed by atoms with van der Waals surface area (Å²) in [7, 11) is 0. The summed E-state index contributed by atoms with van der Waals surface area (Å²) in [6.07, 6.45) is 14.1. The van der Waals surface area contributed by atoms with Crippen LogP contribution >= 0.6 is 0 Å². The summed E-state index contributed by atoms with van der Waals surface area (Å²) in [5.41, 5.74) is 9.76. The van der Waals surface area contributed by atoms with Gasteiger partial charge in [0.15, 0.2) is 0 Å². The molecule has 0 saturated carbocycles. The molecule has 0 unspecified atom stereocenters. The number of pyridine rings is 2. The van der Waals surface area contributed by atoms with Crippen LogP contribution in [-0.4, -0.2) is 73.5 Å². The highest BCUT2D eigenvalue weighted by molar-refractivity contribution is 5.73. The number of piperazine rings is 2. The average molecular weight is 723 g/mol. The van der Waals surface area contributed by atoms with Crippen molar-refractivity contribution in [2.45, 2.75) is 84.0 Å². The van der Waals surface area contributed by atoms with Gasteiger partial charge < -0.3 is 25.0 Å². The second kappa shape index (κ2) is 17.5. The molecule has 2 saturated heterocycles. The van der Waals surface area contributed by atoms with Gasteiger partial charge in [0.1, 0.15) is 23.3 Å². The maximum Gasteiger partial charge on any atom is 0.129 e. The number of nitrogens with one attached hydrogen (secondary N) is 1. The zero-order valence-electron chi connectivity index (χ0n) is 31.5. The summed E-state index contributed by atoms with van der Waals surface area (Å²) in [5, 5.41) is 16.0. The van der Waals surface area contributed by atoms with Crippen LogP contribution in [0.1, 0.15) is 80.8 Å². The first-order valence-electron chi connectivity index (χ1n) is 20.2. The van der Waals surface area contributed by atoms with Crippen LogP contribution in [-0.2, 0) is 25.7 Å². The first kappa shape index (κ1) is 37.4. The largest absolute Gasteiger partial charge is 0.633 e. The van der Waals surface area contributed by atoms with Crippen molar-refractivity contribution >= 4 is 11.6 Å². The summed E-state index contributed by atoms with van der Waals surface area (Å²) in [4.78, 5) is 14.8. The average Bonchev–Trinajstić information content (AvgIpc) is 3.16. The van der Waals surface area contributed by atoms with Gasteiger partial charge in [0.2, 0.25) is 0 Å². The SMILES string of the molecule is CC[N+]1([O-])CCN(c2cc(-c3ccc(F)cc3)c3c(n2)CCCCCC3)CC1.Fc1ccc(-c2cc(N3CCNCC3)nc3c2CCCCCC3)cc1. The number of quaternary nitrogens is 1. The number of hydroxylamine groups is 3. The second-order valence-electron chi connectivity index (χ2n) is 15.3. The molecular weight excluding hydrogens is 667 g/mol. The van der Waals surface area contributed by atoms with Crippen LogP contribution in [0.3, 0.4) is 0 Å². The minimum absolute atomic E-state index is 0.105. The Hall–Kier alpha value is -3.92. The summed E-state index contributed by atoms with van der Waals surface area (Å²) in [5.74, 6) is 1.67. The van der Waals surface area contributed by atoms with E-state index in [0.717, 1.165) is 87.7 Å². The Balaban J connectivity index is 0.000000165. The van der Waals surface area contributed by atoms with Crippen LogP contribution in [0, 0.1) is 16.8 Å². The van der Waals surface area contributed by atoms with Crippen molar-refractivity contribution in [3.05, 3.63) is 100 Å². The first-order valence-corrected chi connectivity index (χ1v) is 20.2. The first-order chi connectivity index (χ1) is 25.9. The smallest absolute Gasteiger partial charge is 0.129 e. The topological polar surface area (TPSA) is 67.3 Å². The van der Waals surface area contributed by atoms with E-state index in [1.54, 1.807) is 12.1 Å². The van der Waals surface area contributed by atoms with Gasteiger partial charge >= 0.3 is 0 Å². The van der Waals surface area contributed by atoms with Gasteiger partial charge in [-0.3, -0.25) is 0 Å². The van der Waals surface area contributed by atoms with Gasteiger partial charge in [-0.1, -0.05) is 49.9 Å². The molecule has 8 rings (SSSR count). The van der Waals surface area contributed by atoms with E-state index in [1.807, 2.05) is 31.2 Å². The predicted octanol–water partition coefficient (Wildman–Crippen LogP) is 8.66. The number of hydrogen-bond donors (Lipinski definition) is 1. The molecule has 2 aliphatic carbocycles. The minimum Gasteiger partial charge on any atom is -0.633 e. The number of benzene rings is 2. The number of anilines is 2. The lowest BCUT2D eigenvalue weighted by atomic mass is 9.90. The fourth-order valence-electron chi connectivity index (χ4n) is 8.45. The van der Waals surface area contributed by atoms with Crippen molar-refractivity contribution in [2.24, 2.45) is 0 Å². The number of fused-ring (bicyclic) bond motifs is 2. The van der Waals surface area contributed by atoms with Crippen LogP contribution < -0.4 is 15.1 Å². The molecule has 0 radical (unpaired) electrons. The molecule has 2 aliphatic heterocycles. The maximum absolute atomic E-state index is 13.5. The number of halogens is 2. The van der Waals surface area contributed by atoms with Gasteiger partial charge in [-0.15, -0.1) is 0 Å². The Kier molecular flexibility index (Phi) is 12.3. The van der Waals surface area contributed by atoms with Gasteiger partial charge in [0.25, 0.3) is 0 Å². The third-order valence-electron chi connectivity index (χ3n) is 11.8. The van der Waals surface area contributed by atoms with Crippen molar-refractivity contribution in [3.8, 4) is 22.3 Å². The highest BCUT2D eigenvalue weighted by Crippen LogP contribution is 2.35. The maximum atomic E-state index is 13.5. The highest BCUT2D eigenvalue weighted by atomic mass is 19.1. The third-order valence-corrected chi connectivity index (χ3v) is 11.8. The molecule has 2 aromatic heterocycles. The van der Waals surface area contributed by atoms with E-state index >= 15 is 0 Å². The number of likely N-dealkylation sites (N-methyl/N-ethyl adjacent to an activating group) is 1. The van der Waals surface area contributed by atoms with Crippen molar-refractivity contribution in [1.29, 1.82) is 0 Å². The molecule has 53 heavy (non-hydrogen) atoms. The molecule has 0 atom stereocenters. The number of rotatable bonds is 5. The normalized spacial score (nSPS) is 19.0. The molecule has 4 heterocycles. The van der Waals surface area contributed by atoms with Gasteiger partial charge in [-0.05, 0) is 128 Å². The molecule has 4 aliphatic rings. The summed E-state index contributed by atoms with van der Waals surface area (Å²) >= 11 is 0. The monoisotopic (exact) mass is 722 g/mol. The van der Waals surface area contributed by atoms with Crippen LogP contribution in [0.25, 0.3) is 22.3 Å². The minimum atomic E-state index is -0.207. The van der Waals surface area contributed by atoms with Gasteiger partial charge in [-0.2, -0.15) is 0 Å². The summed E-state index contributed by atoms with van der Waals surface area (Å²) in [6.45, 7) is 9.31. The standard InChI is InChI=1S/C23H30FN3O.C21H26FN3/c1-2-27(28)15-13-26(14-16-27)23-17-21(18-9-11-19(24)12-10-18)20-7-5-3-4-6-8-22(20)25-23;22-17-9-7-16(8-10-17)19-15-21(25-13-11-23-12-14-25)24-20-6-4-2-1-3-5-18(19)20/h9-12,17H,2-8,13-16H2,1H3;7-10,15,23H,1-6,11-14H2. The molecule has 1 N–H and O–H groups in total. The van der Waals surface area contributed by atoms with Crippen molar-refractivity contribution in [3.63, 3.8) is 0 Å². The molecular formula is C44H56F2N6O. The Morgan fingerprint density at radius 3 is 1.45 bits per heavy atom. The number of nitrogens with zero attached hydrogens (tertiary/aromatic N) is 5. The quantitative estimate of drug-likeness (QED) is 0.164. The van der Waals surface area contributed by atoms with Crippen molar-refractivity contribution < 1.29 is 13.4 Å². The fourth-order valence-corrected chi connectivity index (χ4v) is 8.45. The van der Waals surface area contributed by atoms with Crippen LogP contribution in [0.15, 0.2) is 60.7 Å². The van der Waals surface area contributed by atoms with E-state index in [1.165, 1.54) is 97.1 Å². The Labute approximate surface area is 314 Å². The zero-order chi connectivity index (χ0) is 36.6. The van der Waals surface area contributed by atoms with E-state index in [-0.39, 0.29) is 16.3 Å². The third kappa shape index (κ3) is 9.25. The number of aromatic nitrogens is 2. The number of aryl methyl sites for hydroxylation is 2. The summed E-state index contributed by atoms with van der Waals surface area (Å²) < 4.78 is 26.8. The van der Waals surface area contributed by atoms with E-state index in [9.17, 15) is 14.0 Å². The van der Waals surface area contributed by atoms with Crippen molar-refractivity contribution in [1.82, 2.24) is 15.3 Å². The van der Waals surface area contributed by atoms with Gasteiger partial charge in [0.05, 0.1) is 32.7 Å². The zero-order valence-corrected chi connectivity index (χ0v) is 31.5.